The number of hydrogen-bond donors (Lipinski definition) is 1. The van der Waals surface area contributed by atoms with Crippen LogP contribution >= 0.6 is 0 Å². The van der Waals surface area contributed by atoms with Gasteiger partial charge in [-0.2, -0.15) is 5.26 Å². The summed E-state index contributed by atoms with van der Waals surface area (Å²) in [5.74, 6) is 0.0495. The highest BCUT2D eigenvalue weighted by Crippen LogP contribution is 2.30. The minimum Gasteiger partial charge on any atom is -0.490 e. The third-order valence-electron chi connectivity index (χ3n) is 4.32. The van der Waals surface area contributed by atoms with Crippen molar-refractivity contribution in [2.75, 3.05) is 19.8 Å². The van der Waals surface area contributed by atoms with Crippen molar-refractivity contribution in [2.45, 2.75) is 32.7 Å². The number of carbonyl (C=O) groups is 2. The van der Waals surface area contributed by atoms with Gasteiger partial charge >= 0.3 is 5.97 Å². The number of esters is 1. The molecular formula is C20H24N2O5. The molecule has 1 atom stereocenters. The van der Waals surface area contributed by atoms with Gasteiger partial charge in [0.25, 0.3) is 5.91 Å². The smallest absolute Gasteiger partial charge is 0.331 e. The van der Waals surface area contributed by atoms with E-state index >= 15 is 0 Å². The Bertz CT molecular complexity index is 766. The van der Waals surface area contributed by atoms with Gasteiger partial charge in [0.1, 0.15) is 5.54 Å². The van der Waals surface area contributed by atoms with Crippen LogP contribution in [0.1, 0.15) is 32.8 Å². The van der Waals surface area contributed by atoms with Crippen LogP contribution in [-0.4, -0.2) is 37.2 Å². The summed E-state index contributed by atoms with van der Waals surface area (Å²) in [4.78, 5) is 23.7. The third-order valence-corrected chi connectivity index (χ3v) is 4.32. The topological polar surface area (TPSA) is 97.7 Å². The normalized spacial score (nSPS) is 15.5. The van der Waals surface area contributed by atoms with Crippen molar-refractivity contribution < 1.29 is 23.8 Å². The summed E-state index contributed by atoms with van der Waals surface area (Å²) in [5.41, 5.74) is -0.263. The predicted octanol–water partition coefficient (Wildman–Crippen LogP) is 2.46. The molecule has 0 unspecified atom stereocenters. The Kier molecular flexibility index (Phi) is 6.83. The Balaban J connectivity index is 1.88. The van der Waals surface area contributed by atoms with Crippen LogP contribution in [0.5, 0.6) is 11.5 Å². The monoisotopic (exact) mass is 372 g/mol. The second kappa shape index (κ2) is 9.08. The lowest BCUT2D eigenvalue weighted by Crippen LogP contribution is -2.50. The van der Waals surface area contributed by atoms with Crippen LogP contribution in [0.4, 0.5) is 0 Å². The van der Waals surface area contributed by atoms with Gasteiger partial charge in [0.05, 0.1) is 19.3 Å². The summed E-state index contributed by atoms with van der Waals surface area (Å²) in [6, 6.07) is 7.42. The molecule has 7 heteroatoms. The Morgan fingerprint density at radius 2 is 2.04 bits per heavy atom. The highest BCUT2D eigenvalue weighted by molar-refractivity contribution is 5.89. The number of rotatable bonds is 6. The highest BCUT2D eigenvalue weighted by Gasteiger charge is 2.30. The van der Waals surface area contributed by atoms with Crippen molar-refractivity contribution in [3.8, 4) is 17.6 Å². The molecule has 1 aliphatic heterocycles. The van der Waals surface area contributed by atoms with Gasteiger partial charge in [-0.15, -0.1) is 0 Å². The Morgan fingerprint density at radius 1 is 1.33 bits per heavy atom. The van der Waals surface area contributed by atoms with Gasteiger partial charge < -0.3 is 19.5 Å². The van der Waals surface area contributed by atoms with E-state index in [4.69, 9.17) is 14.2 Å². The minimum absolute atomic E-state index is 0.0820. The second-order valence-corrected chi connectivity index (χ2v) is 6.71. The molecule has 7 nitrogen and oxygen atoms in total. The first kappa shape index (κ1) is 20.3. The lowest BCUT2D eigenvalue weighted by atomic mass is 9.90. The number of nitriles is 1. The van der Waals surface area contributed by atoms with Crippen LogP contribution in [-0.2, 0) is 14.3 Å². The largest absolute Gasteiger partial charge is 0.490 e. The van der Waals surface area contributed by atoms with E-state index < -0.39 is 24.0 Å². The molecule has 0 saturated carbocycles. The maximum Gasteiger partial charge on any atom is 0.331 e. The average Bonchev–Trinajstić information content (AvgIpc) is 2.89. The summed E-state index contributed by atoms with van der Waals surface area (Å²) in [6.07, 6.45) is 3.62. The minimum atomic E-state index is -1.01. The molecule has 1 N–H and O–H groups in total. The maximum absolute atomic E-state index is 11.9. The molecule has 1 aromatic rings. The van der Waals surface area contributed by atoms with Crippen molar-refractivity contribution in [1.29, 1.82) is 5.26 Å². The van der Waals surface area contributed by atoms with E-state index in [0.29, 0.717) is 24.7 Å². The Hall–Kier alpha value is -3.01. The molecule has 1 heterocycles. The Morgan fingerprint density at radius 3 is 2.70 bits per heavy atom. The zero-order valence-corrected chi connectivity index (χ0v) is 15.8. The number of carbonyl (C=O) groups excluding carboxylic acids is 2. The van der Waals surface area contributed by atoms with Gasteiger partial charge in [-0.3, -0.25) is 4.79 Å². The van der Waals surface area contributed by atoms with Gasteiger partial charge in [0.2, 0.25) is 0 Å². The summed E-state index contributed by atoms with van der Waals surface area (Å²) < 4.78 is 16.1. The van der Waals surface area contributed by atoms with Gasteiger partial charge in [-0.25, -0.2) is 4.79 Å². The van der Waals surface area contributed by atoms with E-state index in [2.05, 4.69) is 11.4 Å². The third kappa shape index (κ3) is 5.74. The molecule has 0 bridgehead atoms. The van der Waals surface area contributed by atoms with Crippen molar-refractivity contribution in [3.63, 3.8) is 0 Å². The fraction of sp³-hybridized carbons (Fsp3) is 0.450. The molecule has 0 fully saturated rings. The lowest BCUT2D eigenvalue weighted by molar-refractivity contribution is -0.144. The van der Waals surface area contributed by atoms with Crippen LogP contribution in [0.15, 0.2) is 24.3 Å². The number of ether oxygens (including phenoxy) is 3. The van der Waals surface area contributed by atoms with Crippen LogP contribution in [0.2, 0.25) is 0 Å². The van der Waals surface area contributed by atoms with Crippen LogP contribution in [0.25, 0.3) is 6.08 Å². The standard InChI is InChI=1S/C20H24N2O5/c1-14(2)20(3,13-21)22-18(23)12-27-19(24)8-6-15-5-7-16-17(11-15)26-10-4-9-25-16/h5-8,11,14H,4,9-10,12H2,1-3H3,(H,22,23)/b8-6+/t20-/m0/s1. The second-order valence-electron chi connectivity index (χ2n) is 6.71. The zero-order chi connectivity index (χ0) is 19.9. The highest BCUT2D eigenvalue weighted by atomic mass is 16.5. The van der Waals surface area contributed by atoms with E-state index in [9.17, 15) is 14.9 Å². The Labute approximate surface area is 158 Å². The van der Waals surface area contributed by atoms with Gasteiger partial charge in [0.15, 0.2) is 18.1 Å². The number of amides is 1. The summed E-state index contributed by atoms with van der Waals surface area (Å²) >= 11 is 0. The van der Waals surface area contributed by atoms with Gasteiger partial charge in [0, 0.05) is 12.5 Å². The predicted molar refractivity (Wildman–Crippen MR) is 99.0 cm³/mol. The van der Waals surface area contributed by atoms with Crippen LogP contribution in [0, 0.1) is 17.2 Å². The van der Waals surface area contributed by atoms with E-state index in [0.717, 1.165) is 12.0 Å². The number of hydrogen-bond acceptors (Lipinski definition) is 6. The first-order chi connectivity index (χ1) is 12.8. The number of nitrogens with zero attached hydrogens (tertiary/aromatic N) is 1. The lowest BCUT2D eigenvalue weighted by Gasteiger charge is -2.27. The van der Waals surface area contributed by atoms with E-state index in [-0.39, 0.29) is 5.92 Å². The fourth-order valence-corrected chi connectivity index (χ4v) is 2.26. The summed E-state index contributed by atoms with van der Waals surface area (Å²) in [5, 5.41) is 11.8. The van der Waals surface area contributed by atoms with Gasteiger partial charge in [-0.1, -0.05) is 19.9 Å². The molecule has 1 aliphatic rings. The molecule has 1 aromatic carbocycles. The van der Waals surface area contributed by atoms with Crippen LogP contribution < -0.4 is 14.8 Å². The van der Waals surface area contributed by atoms with Crippen LogP contribution in [0.3, 0.4) is 0 Å². The molecule has 0 aromatic heterocycles. The number of fused-ring (bicyclic) bond motifs is 1. The summed E-state index contributed by atoms with van der Waals surface area (Å²) in [6.45, 7) is 6.02. The van der Waals surface area contributed by atoms with E-state index in [1.165, 1.54) is 6.08 Å². The number of benzene rings is 1. The molecule has 1 amide bonds. The first-order valence-corrected chi connectivity index (χ1v) is 8.81. The molecule has 27 heavy (non-hydrogen) atoms. The van der Waals surface area contributed by atoms with Crippen molar-refractivity contribution in [3.05, 3.63) is 29.8 Å². The van der Waals surface area contributed by atoms with Gasteiger partial charge in [-0.05, 0) is 36.6 Å². The molecule has 2 rings (SSSR count). The first-order valence-electron chi connectivity index (χ1n) is 8.81. The summed E-state index contributed by atoms with van der Waals surface area (Å²) in [7, 11) is 0. The molecule has 0 radical (unpaired) electrons. The molecule has 0 spiro atoms. The number of nitrogens with one attached hydrogen (secondary N) is 1. The van der Waals surface area contributed by atoms with E-state index in [1.807, 2.05) is 13.8 Å². The van der Waals surface area contributed by atoms with E-state index in [1.54, 1.807) is 31.2 Å². The molecule has 0 aliphatic carbocycles. The molecule has 144 valence electrons. The average molecular weight is 372 g/mol. The van der Waals surface area contributed by atoms with Crippen molar-refractivity contribution in [2.24, 2.45) is 5.92 Å². The molecule has 0 saturated heterocycles. The maximum atomic E-state index is 11.9. The SMILES string of the molecule is CC(C)[C@](C)(C#N)NC(=O)COC(=O)/C=C/c1ccc2c(c1)OCCCO2. The van der Waals surface area contributed by atoms with Crippen molar-refractivity contribution in [1.82, 2.24) is 5.32 Å². The van der Waals surface area contributed by atoms with Crippen molar-refractivity contribution >= 4 is 18.0 Å². The zero-order valence-electron chi connectivity index (χ0n) is 15.8. The fourth-order valence-electron chi connectivity index (χ4n) is 2.26. The molecular weight excluding hydrogens is 348 g/mol. The quantitative estimate of drug-likeness (QED) is 0.608.